The lowest BCUT2D eigenvalue weighted by Gasteiger charge is -2.15. The number of hydrogen-bond acceptors (Lipinski definition) is 1. The fraction of sp³-hybridized carbons (Fsp3) is 0.444. The molecule has 1 nitrogen and oxygen atoms in total. The minimum absolute atomic E-state index is 0.244. The third-order valence-electron chi connectivity index (χ3n) is 1.79. The Morgan fingerprint density at radius 3 is 2.90 bits per heavy atom. The van der Waals surface area contributed by atoms with Gasteiger partial charge in [-0.3, -0.25) is 4.79 Å². The summed E-state index contributed by atoms with van der Waals surface area (Å²) in [7, 11) is 0. The molecule has 0 amide bonds. The lowest BCUT2D eigenvalue weighted by Crippen LogP contribution is -2.10. The summed E-state index contributed by atoms with van der Waals surface area (Å²) in [4.78, 5) is 10.9. The monoisotopic (exact) mass is 136 g/mol. The molecule has 0 saturated heterocycles. The van der Waals surface area contributed by atoms with E-state index in [1.54, 1.807) is 6.08 Å². The van der Waals surface area contributed by atoms with Crippen LogP contribution in [0.1, 0.15) is 19.8 Å². The van der Waals surface area contributed by atoms with Crippen LogP contribution in [-0.4, -0.2) is 5.78 Å². The molecule has 54 valence electrons. The van der Waals surface area contributed by atoms with Crippen LogP contribution in [0.5, 0.6) is 0 Å². The second-order valence-corrected chi connectivity index (χ2v) is 2.86. The first-order chi connectivity index (χ1) is 4.72. The lowest BCUT2D eigenvalue weighted by atomic mass is 9.89. The summed E-state index contributed by atoms with van der Waals surface area (Å²) in [6, 6.07) is 0. The summed E-state index contributed by atoms with van der Waals surface area (Å²) in [5, 5.41) is 0. The summed E-state index contributed by atoms with van der Waals surface area (Å²) in [5.41, 5.74) is 1.18. The second-order valence-electron chi connectivity index (χ2n) is 2.86. The number of carbonyl (C=O) groups excluding carboxylic acids is 1. The SMILES string of the molecule is C=CC1CC(=O)C=C(C)C1. The second kappa shape index (κ2) is 2.82. The third-order valence-corrected chi connectivity index (χ3v) is 1.79. The van der Waals surface area contributed by atoms with Gasteiger partial charge in [0.15, 0.2) is 5.78 Å². The lowest BCUT2D eigenvalue weighted by molar-refractivity contribution is -0.115. The van der Waals surface area contributed by atoms with Crippen molar-refractivity contribution in [3.05, 3.63) is 24.3 Å². The molecule has 0 aromatic heterocycles. The molecule has 1 heteroatoms. The molecule has 0 aromatic carbocycles. The van der Waals surface area contributed by atoms with Crippen molar-refractivity contribution >= 4 is 5.78 Å². The van der Waals surface area contributed by atoms with Gasteiger partial charge >= 0.3 is 0 Å². The number of allylic oxidation sites excluding steroid dienone is 3. The van der Waals surface area contributed by atoms with Gasteiger partial charge in [0.2, 0.25) is 0 Å². The van der Waals surface area contributed by atoms with Crippen molar-refractivity contribution in [1.82, 2.24) is 0 Å². The fourth-order valence-corrected chi connectivity index (χ4v) is 1.30. The zero-order chi connectivity index (χ0) is 7.56. The van der Waals surface area contributed by atoms with E-state index in [1.165, 1.54) is 5.57 Å². The van der Waals surface area contributed by atoms with Crippen molar-refractivity contribution in [2.75, 3.05) is 0 Å². The quantitative estimate of drug-likeness (QED) is 0.504. The van der Waals surface area contributed by atoms with Crippen molar-refractivity contribution in [3.63, 3.8) is 0 Å². The normalized spacial score (nSPS) is 25.9. The van der Waals surface area contributed by atoms with Crippen LogP contribution in [0.3, 0.4) is 0 Å². The van der Waals surface area contributed by atoms with E-state index in [2.05, 4.69) is 6.58 Å². The molecule has 10 heavy (non-hydrogen) atoms. The Hall–Kier alpha value is -0.850. The molecular weight excluding hydrogens is 124 g/mol. The Morgan fingerprint density at radius 1 is 1.70 bits per heavy atom. The van der Waals surface area contributed by atoms with Crippen LogP contribution in [0.15, 0.2) is 24.3 Å². The van der Waals surface area contributed by atoms with Gasteiger partial charge in [0.1, 0.15) is 0 Å². The first kappa shape index (κ1) is 7.26. The van der Waals surface area contributed by atoms with Crippen LogP contribution >= 0.6 is 0 Å². The van der Waals surface area contributed by atoms with Crippen LogP contribution in [-0.2, 0) is 4.79 Å². The molecule has 0 heterocycles. The predicted molar refractivity (Wildman–Crippen MR) is 41.7 cm³/mol. The topological polar surface area (TPSA) is 17.1 Å². The minimum Gasteiger partial charge on any atom is -0.295 e. The molecule has 1 atom stereocenters. The zero-order valence-corrected chi connectivity index (χ0v) is 6.26. The highest BCUT2D eigenvalue weighted by molar-refractivity contribution is 5.91. The van der Waals surface area contributed by atoms with E-state index in [4.69, 9.17) is 0 Å². The Labute approximate surface area is 61.4 Å². The first-order valence-electron chi connectivity index (χ1n) is 3.55. The highest BCUT2D eigenvalue weighted by Crippen LogP contribution is 2.21. The first-order valence-corrected chi connectivity index (χ1v) is 3.55. The maximum absolute atomic E-state index is 10.9. The summed E-state index contributed by atoms with van der Waals surface area (Å²) >= 11 is 0. The van der Waals surface area contributed by atoms with E-state index in [9.17, 15) is 4.79 Å². The molecule has 0 bridgehead atoms. The van der Waals surface area contributed by atoms with E-state index >= 15 is 0 Å². The molecule has 0 radical (unpaired) electrons. The molecule has 0 saturated carbocycles. The fourth-order valence-electron chi connectivity index (χ4n) is 1.30. The number of ketones is 1. The molecule has 0 aromatic rings. The largest absolute Gasteiger partial charge is 0.295 e. The van der Waals surface area contributed by atoms with Gasteiger partial charge in [-0.25, -0.2) is 0 Å². The molecule has 0 N–H and O–H groups in total. The minimum atomic E-state index is 0.244. The van der Waals surface area contributed by atoms with Crippen molar-refractivity contribution in [2.24, 2.45) is 5.92 Å². The Morgan fingerprint density at radius 2 is 2.40 bits per heavy atom. The summed E-state index contributed by atoms with van der Waals surface area (Å²) in [5.74, 6) is 0.631. The van der Waals surface area contributed by atoms with Gasteiger partial charge in [-0.15, -0.1) is 6.58 Å². The van der Waals surface area contributed by atoms with Gasteiger partial charge in [0.25, 0.3) is 0 Å². The van der Waals surface area contributed by atoms with E-state index in [0.717, 1.165) is 6.42 Å². The Kier molecular flexibility index (Phi) is 2.05. The number of hydrogen-bond donors (Lipinski definition) is 0. The van der Waals surface area contributed by atoms with Crippen molar-refractivity contribution in [2.45, 2.75) is 19.8 Å². The molecule has 0 aliphatic heterocycles. The Balaban J connectivity index is 2.69. The maximum atomic E-state index is 10.9. The van der Waals surface area contributed by atoms with Gasteiger partial charge in [0.05, 0.1) is 0 Å². The van der Waals surface area contributed by atoms with Gasteiger partial charge in [-0.2, -0.15) is 0 Å². The number of rotatable bonds is 1. The van der Waals surface area contributed by atoms with Crippen LogP contribution in [0.4, 0.5) is 0 Å². The van der Waals surface area contributed by atoms with Gasteiger partial charge in [0, 0.05) is 6.42 Å². The van der Waals surface area contributed by atoms with E-state index < -0.39 is 0 Å². The van der Waals surface area contributed by atoms with Gasteiger partial charge in [-0.1, -0.05) is 11.6 Å². The maximum Gasteiger partial charge on any atom is 0.156 e. The molecule has 1 aliphatic rings. The van der Waals surface area contributed by atoms with Crippen molar-refractivity contribution in [3.8, 4) is 0 Å². The molecule has 0 spiro atoms. The average molecular weight is 136 g/mol. The standard InChI is InChI=1S/C9H12O/c1-3-8-4-7(2)5-9(10)6-8/h3,5,8H,1,4,6H2,2H3. The molecule has 0 fully saturated rings. The third kappa shape index (κ3) is 1.56. The highest BCUT2D eigenvalue weighted by atomic mass is 16.1. The predicted octanol–water partition coefficient (Wildman–Crippen LogP) is 2.10. The molecule has 1 aliphatic carbocycles. The van der Waals surface area contributed by atoms with Crippen LogP contribution in [0.2, 0.25) is 0 Å². The molecule has 1 rings (SSSR count). The van der Waals surface area contributed by atoms with Gasteiger partial charge < -0.3 is 0 Å². The van der Waals surface area contributed by atoms with Crippen LogP contribution < -0.4 is 0 Å². The van der Waals surface area contributed by atoms with Crippen LogP contribution in [0, 0.1) is 5.92 Å². The highest BCUT2D eigenvalue weighted by Gasteiger charge is 2.14. The Bertz CT molecular complexity index is 189. The number of carbonyl (C=O) groups is 1. The van der Waals surface area contributed by atoms with Crippen molar-refractivity contribution in [1.29, 1.82) is 0 Å². The smallest absolute Gasteiger partial charge is 0.156 e. The molecule has 1 unspecified atom stereocenters. The summed E-state index contributed by atoms with van der Waals surface area (Å²) in [6.45, 7) is 5.67. The zero-order valence-electron chi connectivity index (χ0n) is 6.26. The van der Waals surface area contributed by atoms with Gasteiger partial charge in [-0.05, 0) is 25.3 Å². The average Bonchev–Trinajstić information content (AvgIpc) is 1.85. The van der Waals surface area contributed by atoms with Crippen LogP contribution in [0.25, 0.3) is 0 Å². The van der Waals surface area contributed by atoms with E-state index in [0.29, 0.717) is 12.3 Å². The van der Waals surface area contributed by atoms with Crippen molar-refractivity contribution < 1.29 is 4.79 Å². The molecular formula is C9H12O. The van der Waals surface area contributed by atoms with E-state index in [-0.39, 0.29) is 5.78 Å². The summed E-state index contributed by atoms with van der Waals surface area (Å²) in [6.07, 6.45) is 5.27. The van der Waals surface area contributed by atoms with E-state index in [1.807, 2.05) is 13.0 Å². The summed E-state index contributed by atoms with van der Waals surface area (Å²) < 4.78 is 0.